The van der Waals surface area contributed by atoms with Gasteiger partial charge < -0.3 is 26.1 Å². The SMILES string of the molecule is CC#CCC(=O)Nc1cccc(C(=N)/C=C2/COc3cc(NC(C)=O)ccc3CN2)c1. The second-order valence-electron chi connectivity index (χ2n) is 6.96. The van der Waals surface area contributed by atoms with Crippen molar-refractivity contribution < 1.29 is 14.3 Å². The Labute approximate surface area is 181 Å². The molecule has 0 bridgehead atoms. The average molecular weight is 416 g/mol. The number of amides is 2. The minimum atomic E-state index is -0.188. The summed E-state index contributed by atoms with van der Waals surface area (Å²) in [5, 5.41) is 17.3. The fraction of sp³-hybridized carbons (Fsp3) is 0.208. The molecule has 0 radical (unpaired) electrons. The quantitative estimate of drug-likeness (QED) is 0.443. The summed E-state index contributed by atoms with van der Waals surface area (Å²) in [4.78, 5) is 23.1. The van der Waals surface area contributed by atoms with Crippen LogP contribution in [0.3, 0.4) is 0 Å². The molecular weight excluding hydrogens is 392 g/mol. The van der Waals surface area contributed by atoms with Crippen LogP contribution in [0.5, 0.6) is 5.75 Å². The second kappa shape index (κ2) is 10.1. The van der Waals surface area contributed by atoms with Gasteiger partial charge in [0.1, 0.15) is 12.4 Å². The Morgan fingerprint density at radius 3 is 2.77 bits per heavy atom. The van der Waals surface area contributed by atoms with Crippen LogP contribution in [0.4, 0.5) is 11.4 Å². The molecule has 0 aliphatic carbocycles. The average Bonchev–Trinajstić information content (AvgIpc) is 2.94. The summed E-state index contributed by atoms with van der Waals surface area (Å²) in [5.41, 5.74) is 3.98. The topological polar surface area (TPSA) is 103 Å². The van der Waals surface area contributed by atoms with Crippen LogP contribution in [-0.2, 0) is 16.1 Å². The predicted molar refractivity (Wildman–Crippen MR) is 121 cm³/mol. The van der Waals surface area contributed by atoms with Gasteiger partial charge in [-0.15, -0.1) is 5.92 Å². The van der Waals surface area contributed by atoms with E-state index in [9.17, 15) is 9.59 Å². The molecule has 3 rings (SSSR count). The third kappa shape index (κ3) is 6.21. The first-order valence-electron chi connectivity index (χ1n) is 9.81. The van der Waals surface area contributed by atoms with Gasteiger partial charge in [-0.3, -0.25) is 9.59 Å². The number of rotatable bonds is 5. The molecule has 2 aromatic carbocycles. The summed E-state index contributed by atoms with van der Waals surface area (Å²) in [6, 6.07) is 12.7. The summed E-state index contributed by atoms with van der Waals surface area (Å²) in [5.74, 6) is 5.78. The van der Waals surface area contributed by atoms with Gasteiger partial charge in [-0.05, 0) is 31.2 Å². The van der Waals surface area contributed by atoms with E-state index in [1.165, 1.54) is 6.92 Å². The predicted octanol–water partition coefficient (Wildman–Crippen LogP) is 3.43. The van der Waals surface area contributed by atoms with Crippen molar-refractivity contribution in [3.05, 3.63) is 65.4 Å². The zero-order valence-electron chi connectivity index (χ0n) is 17.5. The number of nitrogens with one attached hydrogen (secondary N) is 4. The Bertz CT molecular complexity index is 1110. The van der Waals surface area contributed by atoms with Crippen LogP contribution in [-0.4, -0.2) is 24.1 Å². The summed E-state index contributed by atoms with van der Waals surface area (Å²) >= 11 is 0. The fourth-order valence-electron chi connectivity index (χ4n) is 3.02. The zero-order chi connectivity index (χ0) is 22.2. The Morgan fingerprint density at radius 1 is 1.19 bits per heavy atom. The smallest absolute Gasteiger partial charge is 0.236 e. The van der Waals surface area contributed by atoms with Crippen molar-refractivity contribution in [1.29, 1.82) is 5.41 Å². The molecule has 2 aromatic rings. The Balaban J connectivity index is 1.68. The molecule has 1 heterocycles. The molecule has 1 aliphatic rings. The first kappa shape index (κ1) is 21.7. The summed E-state index contributed by atoms with van der Waals surface area (Å²) in [6.45, 7) is 3.96. The Kier molecular flexibility index (Phi) is 7.07. The number of hydrogen-bond acceptors (Lipinski definition) is 5. The van der Waals surface area contributed by atoms with Gasteiger partial charge in [-0.25, -0.2) is 0 Å². The Hall–Kier alpha value is -4.05. The highest BCUT2D eigenvalue weighted by atomic mass is 16.5. The summed E-state index contributed by atoms with van der Waals surface area (Å²) in [6.07, 6.45) is 1.85. The van der Waals surface area contributed by atoms with Crippen molar-refractivity contribution in [2.45, 2.75) is 26.8 Å². The van der Waals surface area contributed by atoms with Gasteiger partial charge in [0.2, 0.25) is 11.8 Å². The number of anilines is 2. The van der Waals surface area contributed by atoms with Crippen molar-refractivity contribution in [3.8, 4) is 17.6 Å². The summed E-state index contributed by atoms with van der Waals surface area (Å²) in [7, 11) is 0. The molecule has 7 heteroatoms. The van der Waals surface area contributed by atoms with Gasteiger partial charge >= 0.3 is 0 Å². The van der Waals surface area contributed by atoms with Gasteiger partial charge in [0.15, 0.2) is 0 Å². The molecular formula is C24H24N4O3. The van der Waals surface area contributed by atoms with Crippen LogP contribution in [0, 0.1) is 17.3 Å². The molecule has 0 spiro atoms. The lowest BCUT2D eigenvalue weighted by atomic mass is 10.1. The molecule has 4 N–H and O–H groups in total. The van der Waals surface area contributed by atoms with Gasteiger partial charge in [0.25, 0.3) is 0 Å². The standard InChI is InChI=1S/C24H24N4O3/c1-3-4-8-24(30)28-19-7-5-6-17(11-19)22(25)12-21-15-31-23-13-20(27-16(2)29)10-9-18(23)14-26-21/h5-7,9-13,25-26H,8,14-15H2,1-2H3,(H,27,29)(H,28,30)/b21-12-,25-22?. The normalized spacial score (nSPS) is 13.4. The number of fused-ring (bicyclic) bond motifs is 1. The third-order valence-corrected chi connectivity index (χ3v) is 4.48. The van der Waals surface area contributed by atoms with Crippen molar-refractivity contribution >= 4 is 28.9 Å². The van der Waals surface area contributed by atoms with Crippen LogP contribution in [0.1, 0.15) is 31.4 Å². The molecule has 0 fully saturated rings. The number of benzene rings is 2. The van der Waals surface area contributed by atoms with E-state index in [-0.39, 0.29) is 24.8 Å². The largest absolute Gasteiger partial charge is 0.487 e. The van der Waals surface area contributed by atoms with E-state index in [0.717, 1.165) is 11.3 Å². The van der Waals surface area contributed by atoms with Crippen LogP contribution < -0.4 is 20.7 Å². The summed E-state index contributed by atoms with van der Waals surface area (Å²) < 4.78 is 5.89. The molecule has 158 valence electrons. The number of hydrogen-bond donors (Lipinski definition) is 4. The van der Waals surface area contributed by atoms with E-state index in [1.54, 1.807) is 37.3 Å². The van der Waals surface area contributed by atoms with E-state index in [4.69, 9.17) is 10.1 Å². The highest BCUT2D eigenvalue weighted by Gasteiger charge is 2.13. The van der Waals surface area contributed by atoms with Gasteiger partial charge in [0.05, 0.1) is 17.8 Å². The fourth-order valence-corrected chi connectivity index (χ4v) is 3.02. The van der Waals surface area contributed by atoms with Gasteiger partial charge in [-0.2, -0.15) is 0 Å². The molecule has 0 aromatic heterocycles. The van der Waals surface area contributed by atoms with Crippen LogP contribution in [0.15, 0.2) is 54.2 Å². The maximum absolute atomic E-state index is 11.9. The maximum atomic E-state index is 11.9. The van der Waals surface area contributed by atoms with Crippen LogP contribution in [0.25, 0.3) is 0 Å². The lowest BCUT2D eigenvalue weighted by Gasteiger charge is -2.09. The lowest BCUT2D eigenvalue weighted by Crippen LogP contribution is -2.16. The molecule has 0 saturated carbocycles. The van der Waals surface area contributed by atoms with E-state index in [1.807, 2.05) is 18.2 Å². The van der Waals surface area contributed by atoms with Crippen molar-refractivity contribution in [2.75, 3.05) is 17.2 Å². The van der Waals surface area contributed by atoms with Crippen molar-refractivity contribution in [3.63, 3.8) is 0 Å². The highest BCUT2D eigenvalue weighted by Crippen LogP contribution is 2.26. The van der Waals surface area contributed by atoms with Crippen LogP contribution >= 0.6 is 0 Å². The van der Waals surface area contributed by atoms with E-state index in [0.29, 0.717) is 34.9 Å². The highest BCUT2D eigenvalue weighted by molar-refractivity contribution is 6.07. The van der Waals surface area contributed by atoms with Crippen molar-refractivity contribution in [2.24, 2.45) is 0 Å². The monoisotopic (exact) mass is 416 g/mol. The molecule has 1 aliphatic heterocycles. The van der Waals surface area contributed by atoms with E-state index < -0.39 is 0 Å². The maximum Gasteiger partial charge on any atom is 0.236 e. The van der Waals surface area contributed by atoms with E-state index >= 15 is 0 Å². The molecule has 0 unspecified atom stereocenters. The Morgan fingerprint density at radius 2 is 2.00 bits per heavy atom. The second-order valence-corrected chi connectivity index (χ2v) is 6.96. The van der Waals surface area contributed by atoms with Crippen molar-refractivity contribution in [1.82, 2.24) is 5.32 Å². The minimum Gasteiger partial charge on any atom is -0.487 e. The van der Waals surface area contributed by atoms with Gasteiger partial charge in [0, 0.05) is 42.0 Å². The molecule has 0 atom stereocenters. The number of carbonyl (C=O) groups is 2. The third-order valence-electron chi connectivity index (χ3n) is 4.48. The first-order chi connectivity index (χ1) is 14.9. The molecule has 2 amide bonds. The van der Waals surface area contributed by atoms with Crippen LogP contribution in [0.2, 0.25) is 0 Å². The lowest BCUT2D eigenvalue weighted by molar-refractivity contribution is -0.115. The number of ether oxygens (including phenoxy) is 1. The molecule has 31 heavy (non-hydrogen) atoms. The van der Waals surface area contributed by atoms with Gasteiger partial charge in [-0.1, -0.05) is 24.1 Å². The minimum absolute atomic E-state index is 0.133. The first-order valence-corrected chi connectivity index (χ1v) is 9.81. The number of carbonyl (C=O) groups excluding carboxylic acids is 2. The van der Waals surface area contributed by atoms with E-state index in [2.05, 4.69) is 27.8 Å². The molecule has 7 nitrogen and oxygen atoms in total. The zero-order valence-corrected chi connectivity index (χ0v) is 17.5. The molecule has 0 saturated heterocycles. The number of allylic oxidation sites excluding steroid dienone is 1.